The molecule has 0 saturated carbocycles. The molecule has 1 aliphatic rings. The van der Waals surface area contributed by atoms with E-state index in [4.69, 9.17) is 4.98 Å². The fraction of sp³-hybridized carbons (Fsp3) is 0.444. The van der Waals surface area contributed by atoms with Gasteiger partial charge in [-0.25, -0.2) is 4.98 Å². The van der Waals surface area contributed by atoms with Gasteiger partial charge in [-0.05, 0) is 73.8 Å². The molecule has 3 aromatic rings. The van der Waals surface area contributed by atoms with Gasteiger partial charge >= 0.3 is 0 Å². The SMILES string of the molecule is C=C(CCc1cccc(CC)c1)c1nc2c(C)ccc(N3CCCCC3)c2s1.CC. The number of thiazole rings is 1. The number of piperidine rings is 1. The van der Waals surface area contributed by atoms with Crippen LogP contribution in [-0.4, -0.2) is 18.1 Å². The number of hydrogen-bond donors (Lipinski definition) is 0. The summed E-state index contributed by atoms with van der Waals surface area (Å²) in [6, 6.07) is 13.5. The molecule has 0 N–H and O–H groups in total. The lowest BCUT2D eigenvalue weighted by molar-refractivity contribution is 0.579. The van der Waals surface area contributed by atoms with Crippen molar-refractivity contribution in [2.75, 3.05) is 18.0 Å². The molecule has 1 saturated heterocycles. The van der Waals surface area contributed by atoms with Crippen LogP contribution in [0, 0.1) is 6.92 Å². The molecule has 1 aliphatic heterocycles. The lowest BCUT2D eigenvalue weighted by Crippen LogP contribution is -2.29. The zero-order chi connectivity index (χ0) is 21.5. The molecule has 1 fully saturated rings. The Hall–Kier alpha value is -2.13. The highest BCUT2D eigenvalue weighted by Crippen LogP contribution is 2.37. The van der Waals surface area contributed by atoms with Crippen molar-refractivity contribution in [2.24, 2.45) is 0 Å². The Bertz CT molecular complexity index is 980. The van der Waals surface area contributed by atoms with Gasteiger partial charge in [0.15, 0.2) is 0 Å². The molecule has 4 rings (SSSR count). The topological polar surface area (TPSA) is 16.1 Å². The third-order valence-corrected chi connectivity index (χ3v) is 7.02. The number of aromatic nitrogens is 1. The average molecular weight is 421 g/mol. The maximum atomic E-state index is 5.01. The second-order valence-corrected chi connectivity index (χ2v) is 8.92. The van der Waals surface area contributed by atoms with Crippen LogP contribution in [0.15, 0.2) is 43.0 Å². The number of rotatable bonds is 6. The molecule has 0 unspecified atom stereocenters. The molecule has 30 heavy (non-hydrogen) atoms. The van der Waals surface area contributed by atoms with Gasteiger partial charge in [0.1, 0.15) is 5.01 Å². The highest BCUT2D eigenvalue weighted by atomic mass is 32.1. The van der Waals surface area contributed by atoms with Crippen LogP contribution in [0.3, 0.4) is 0 Å². The molecule has 2 heterocycles. The third-order valence-electron chi connectivity index (χ3n) is 5.84. The van der Waals surface area contributed by atoms with Crippen LogP contribution in [0.4, 0.5) is 5.69 Å². The Morgan fingerprint density at radius 3 is 2.53 bits per heavy atom. The van der Waals surface area contributed by atoms with E-state index < -0.39 is 0 Å². The molecule has 0 bridgehead atoms. The Morgan fingerprint density at radius 1 is 1.07 bits per heavy atom. The van der Waals surface area contributed by atoms with E-state index in [0.717, 1.165) is 35.4 Å². The van der Waals surface area contributed by atoms with Crippen molar-refractivity contribution in [1.82, 2.24) is 4.98 Å². The summed E-state index contributed by atoms with van der Waals surface area (Å²) < 4.78 is 1.34. The van der Waals surface area contributed by atoms with Crippen LogP contribution in [0.2, 0.25) is 0 Å². The summed E-state index contributed by atoms with van der Waals surface area (Å²) in [5.74, 6) is 0. The highest BCUT2D eigenvalue weighted by molar-refractivity contribution is 7.20. The maximum absolute atomic E-state index is 5.01. The van der Waals surface area contributed by atoms with Crippen molar-refractivity contribution in [3.63, 3.8) is 0 Å². The van der Waals surface area contributed by atoms with Gasteiger partial charge < -0.3 is 4.90 Å². The van der Waals surface area contributed by atoms with Crippen molar-refractivity contribution < 1.29 is 0 Å². The zero-order valence-electron chi connectivity index (χ0n) is 19.1. The molecule has 0 atom stereocenters. The standard InChI is InChI=1S/C25H30N2S.C2H6/c1-4-20-9-8-10-21(17-20)13-11-19(3)25-26-23-18(2)12-14-22(24(23)28-25)27-15-6-5-7-16-27;1-2/h8-10,12,14,17H,3-7,11,13,15-16H2,1-2H3;1-2H3. The number of allylic oxidation sites excluding steroid dienone is 1. The Kier molecular flexibility index (Phi) is 8.09. The fourth-order valence-corrected chi connectivity index (χ4v) is 5.24. The summed E-state index contributed by atoms with van der Waals surface area (Å²) in [6.45, 7) is 15.1. The Balaban J connectivity index is 0.00000124. The predicted molar refractivity (Wildman–Crippen MR) is 135 cm³/mol. The summed E-state index contributed by atoms with van der Waals surface area (Å²) in [5.41, 5.74) is 7.76. The molecule has 160 valence electrons. The first-order chi connectivity index (χ1) is 14.7. The smallest absolute Gasteiger partial charge is 0.120 e. The molecule has 0 spiro atoms. The molecule has 0 amide bonds. The monoisotopic (exact) mass is 420 g/mol. The number of benzene rings is 2. The minimum absolute atomic E-state index is 0.963. The van der Waals surface area contributed by atoms with Crippen LogP contribution < -0.4 is 4.90 Å². The van der Waals surface area contributed by atoms with Gasteiger partial charge in [0.25, 0.3) is 0 Å². The summed E-state index contributed by atoms with van der Waals surface area (Å²) >= 11 is 1.83. The van der Waals surface area contributed by atoms with Crippen LogP contribution in [0.25, 0.3) is 15.8 Å². The van der Waals surface area contributed by atoms with E-state index >= 15 is 0 Å². The van der Waals surface area contributed by atoms with E-state index in [1.165, 1.54) is 59.4 Å². The molecule has 2 aromatic carbocycles. The summed E-state index contributed by atoms with van der Waals surface area (Å²) in [7, 11) is 0. The highest BCUT2D eigenvalue weighted by Gasteiger charge is 2.18. The van der Waals surface area contributed by atoms with Crippen LogP contribution in [-0.2, 0) is 12.8 Å². The van der Waals surface area contributed by atoms with E-state index in [1.807, 2.05) is 25.2 Å². The quantitative estimate of drug-likeness (QED) is 0.404. The lowest BCUT2D eigenvalue weighted by Gasteiger charge is -2.29. The number of fused-ring (bicyclic) bond motifs is 1. The van der Waals surface area contributed by atoms with Crippen molar-refractivity contribution in [3.8, 4) is 0 Å². The largest absolute Gasteiger partial charge is 0.370 e. The first kappa shape index (κ1) is 22.6. The molecule has 1 aromatic heterocycles. The summed E-state index contributed by atoms with van der Waals surface area (Å²) in [5, 5.41) is 1.11. The molecular formula is C27H36N2S. The number of nitrogens with zero attached hydrogens (tertiary/aromatic N) is 2. The summed E-state index contributed by atoms with van der Waals surface area (Å²) in [6.07, 6.45) is 7.03. The van der Waals surface area contributed by atoms with E-state index in [1.54, 1.807) is 0 Å². The normalized spacial score (nSPS) is 13.8. The second-order valence-electron chi connectivity index (χ2n) is 7.92. The van der Waals surface area contributed by atoms with Gasteiger partial charge in [-0.1, -0.05) is 57.7 Å². The zero-order valence-corrected chi connectivity index (χ0v) is 19.9. The second kappa shape index (κ2) is 10.8. The van der Waals surface area contributed by atoms with Crippen molar-refractivity contribution in [1.29, 1.82) is 0 Å². The van der Waals surface area contributed by atoms with E-state index in [0.29, 0.717) is 0 Å². The lowest BCUT2D eigenvalue weighted by atomic mass is 10.0. The van der Waals surface area contributed by atoms with Crippen molar-refractivity contribution >= 4 is 32.8 Å². The van der Waals surface area contributed by atoms with Gasteiger partial charge in [-0.15, -0.1) is 11.3 Å². The van der Waals surface area contributed by atoms with E-state index in [-0.39, 0.29) is 0 Å². The van der Waals surface area contributed by atoms with Crippen LogP contribution >= 0.6 is 11.3 Å². The van der Waals surface area contributed by atoms with Crippen molar-refractivity contribution in [2.45, 2.75) is 66.2 Å². The minimum atomic E-state index is 0.963. The molecule has 0 radical (unpaired) electrons. The summed E-state index contributed by atoms with van der Waals surface area (Å²) in [4.78, 5) is 7.55. The minimum Gasteiger partial charge on any atom is -0.370 e. The number of hydrogen-bond acceptors (Lipinski definition) is 3. The molecule has 0 aliphatic carbocycles. The van der Waals surface area contributed by atoms with Gasteiger partial charge in [0, 0.05) is 13.1 Å². The van der Waals surface area contributed by atoms with Crippen LogP contribution in [0.1, 0.15) is 68.2 Å². The van der Waals surface area contributed by atoms with Crippen molar-refractivity contribution in [3.05, 3.63) is 64.7 Å². The fourth-order valence-electron chi connectivity index (χ4n) is 4.06. The molecular weight excluding hydrogens is 384 g/mol. The van der Waals surface area contributed by atoms with Gasteiger partial charge in [0.2, 0.25) is 0 Å². The number of anilines is 1. The van der Waals surface area contributed by atoms with Gasteiger partial charge in [-0.3, -0.25) is 0 Å². The van der Waals surface area contributed by atoms with E-state index in [9.17, 15) is 0 Å². The van der Waals surface area contributed by atoms with E-state index in [2.05, 4.69) is 61.7 Å². The first-order valence-electron chi connectivity index (χ1n) is 11.6. The third kappa shape index (κ3) is 5.13. The average Bonchev–Trinajstić information content (AvgIpc) is 3.26. The first-order valence-corrected chi connectivity index (χ1v) is 12.4. The molecule has 2 nitrogen and oxygen atoms in total. The van der Waals surface area contributed by atoms with Crippen LogP contribution in [0.5, 0.6) is 0 Å². The van der Waals surface area contributed by atoms with Gasteiger partial charge in [0.05, 0.1) is 15.9 Å². The molecule has 3 heteroatoms. The predicted octanol–water partition coefficient (Wildman–Crippen LogP) is 7.83. The Morgan fingerprint density at radius 2 is 1.80 bits per heavy atom. The van der Waals surface area contributed by atoms with Gasteiger partial charge in [-0.2, -0.15) is 0 Å². The Labute approximate surface area is 186 Å². The maximum Gasteiger partial charge on any atom is 0.120 e. The number of aryl methyl sites for hydroxylation is 3.